The molecular formula is C12H20O3S. The molecule has 0 heterocycles. The average molecular weight is 244 g/mol. The molecule has 2 atom stereocenters. The van der Waals surface area contributed by atoms with Crippen molar-refractivity contribution in [2.24, 2.45) is 5.92 Å². The minimum atomic E-state index is -0.414. The zero-order valence-electron chi connectivity index (χ0n) is 10.4. The summed E-state index contributed by atoms with van der Waals surface area (Å²) in [6.45, 7) is 7.20. The molecular weight excluding hydrogens is 224 g/mol. The molecule has 0 amide bonds. The van der Waals surface area contributed by atoms with Crippen molar-refractivity contribution in [3.8, 4) is 0 Å². The van der Waals surface area contributed by atoms with Gasteiger partial charge in [0, 0.05) is 12.2 Å². The maximum absolute atomic E-state index is 11.8. The first-order valence-electron chi connectivity index (χ1n) is 5.68. The Morgan fingerprint density at radius 3 is 2.38 bits per heavy atom. The number of carbonyl (C=O) groups excluding carboxylic acids is 2. The number of rotatable bonds is 2. The Balaban J connectivity index is 2.41. The topological polar surface area (TPSA) is 43.4 Å². The second-order valence-corrected chi connectivity index (χ2v) is 6.75. The Labute approximate surface area is 101 Å². The van der Waals surface area contributed by atoms with E-state index < -0.39 is 5.60 Å². The van der Waals surface area contributed by atoms with Crippen molar-refractivity contribution >= 4 is 22.8 Å². The largest absolute Gasteiger partial charge is 0.460 e. The average Bonchev–Trinajstić information content (AvgIpc) is 2.48. The summed E-state index contributed by atoms with van der Waals surface area (Å²) in [6.07, 6.45) is 2.56. The molecule has 0 spiro atoms. The van der Waals surface area contributed by atoms with Crippen LogP contribution in [-0.2, 0) is 14.3 Å². The van der Waals surface area contributed by atoms with Crippen molar-refractivity contribution in [3.05, 3.63) is 0 Å². The number of carbonyl (C=O) groups is 2. The number of hydrogen-bond acceptors (Lipinski definition) is 4. The first-order chi connectivity index (χ1) is 7.28. The summed E-state index contributed by atoms with van der Waals surface area (Å²) in [5.74, 6) is -0.129. The van der Waals surface area contributed by atoms with Gasteiger partial charge in [0.05, 0.1) is 5.92 Å². The predicted octanol–water partition coefficient (Wildman–Crippen LogP) is 2.78. The van der Waals surface area contributed by atoms with Gasteiger partial charge in [0.25, 0.3) is 0 Å². The van der Waals surface area contributed by atoms with Crippen LogP contribution in [0.3, 0.4) is 0 Å². The molecule has 3 nitrogen and oxygen atoms in total. The standard InChI is InChI=1S/C12H20O3S/c1-8(13)16-10-6-5-9(7-10)11(14)15-12(2,3)4/h9-10H,5-7H2,1-4H3. The smallest absolute Gasteiger partial charge is 0.309 e. The lowest BCUT2D eigenvalue weighted by Crippen LogP contribution is -2.27. The second-order valence-electron chi connectivity index (χ2n) is 5.27. The number of thioether (sulfide) groups is 1. The van der Waals surface area contributed by atoms with E-state index in [0.29, 0.717) is 5.25 Å². The third kappa shape index (κ3) is 4.56. The third-order valence-electron chi connectivity index (χ3n) is 2.46. The summed E-state index contributed by atoms with van der Waals surface area (Å²) in [6, 6.07) is 0. The highest BCUT2D eigenvalue weighted by atomic mass is 32.2. The van der Waals surface area contributed by atoms with Gasteiger partial charge < -0.3 is 4.74 Å². The zero-order valence-corrected chi connectivity index (χ0v) is 11.2. The van der Waals surface area contributed by atoms with Gasteiger partial charge in [-0.1, -0.05) is 11.8 Å². The molecule has 1 aliphatic rings. The fourth-order valence-corrected chi connectivity index (χ4v) is 2.93. The van der Waals surface area contributed by atoms with Gasteiger partial charge in [-0.3, -0.25) is 9.59 Å². The van der Waals surface area contributed by atoms with Crippen LogP contribution < -0.4 is 0 Å². The van der Waals surface area contributed by atoms with Gasteiger partial charge in [-0.05, 0) is 40.0 Å². The first kappa shape index (κ1) is 13.6. The molecule has 1 aliphatic carbocycles. The molecule has 0 radical (unpaired) electrons. The van der Waals surface area contributed by atoms with E-state index in [2.05, 4.69) is 0 Å². The van der Waals surface area contributed by atoms with Crippen LogP contribution in [0.1, 0.15) is 47.0 Å². The molecule has 4 heteroatoms. The monoisotopic (exact) mass is 244 g/mol. The summed E-state index contributed by atoms with van der Waals surface area (Å²) in [5, 5.41) is 0.435. The number of ether oxygens (including phenoxy) is 1. The van der Waals surface area contributed by atoms with Crippen LogP contribution in [0.5, 0.6) is 0 Å². The van der Waals surface area contributed by atoms with Gasteiger partial charge in [0.15, 0.2) is 5.12 Å². The van der Waals surface area contributed by atoms with Crippen LogP contribution in [0.25, 0.3) is 0 Å². The Kier molecular flexibility index (Phi) is 4.42. The van der Waals surface area contributed by atoms with Gasteiger partial charge in [0.2, 0.25) is 0 Å². The molecule has 92 valence electrons. The van der Waals surface area contributed by atoms with E-state index in [4.69, 9.17) is 4.74 Å². The number of esters is 1. The van der Waals surface area contributed by atoms with E-state index in [1.54, 1.807) is 6.92 Å². The molecule has 1 fully saturated rings. The Morgan fingerprint density at radius 2 is 1.88 bits per heavy atom. The van der Waals surface area contributed by atoms with Crippen LogP contribution in [0.4, 0.5) is 0 Å². The predicted molar refractivity (Wildman–Crippen MR) is 65.2 cm³/mol. The Morgan fingerprint density at radius 1 is 1.25 bits per heavy atom. The molecule has 0 aromatic heterocycles. The molecule has 16 heavy (non-hydrogen) atoms. The lowest BCUT2D eigenvalue weighted by molar-refractivity contribution is -0.159. The quantitative estimate of drug-likeness (QED) is 0.701. The van der Waals surface area contributed by atoms with Crippen molar-refractivity contribution in [1.82, 2.24) is 0 Å². The Hall–Kier alpha value is -0.510. The minimum absolute atomic E-state index is 0.0175. The molecule has 1 rings (SSSR count). The van der Waals surface area contributed by atoms with Crippen LogP contribution >= 0.6 is 11.8 Å². The zero-order chi connectivity index (χ0) is 12.3. The molecule has 0 aromatic rings. The van der Waals surface area contributed by atoms with E-state index in [9.17, 15) is 9.59 Å². The minimum Gasteiger partial charge on any atom is -0.460 e. The maximum Gasteiger partial charge on any atom is 0.309 e. The van der Waals surface area contributed by atoms with E-state index in [0.717, 1.165) is 19.3 Å². The summed E-state index contributed by atoms with van der Waals surface area (Å²) < 4.78 is 5.34. The SMILES string of the molecule is CC(=O)SC1CCC(C(=O)OC(C)(C)C)C1. The molecule has 0 aromatic carbocycles. The van der Waals surface area contributed by atoms with Gasteiger partial charge in [-0.2, -0.15) is 0 Å². The molecule has 2 unspecified atom stereocenters. The molecule has 0 N–H and O–H groups in total. The van der Waals surface area contributed by atoms with Crippen molar-refractivity contribution in [2.45, 2.75) is 57.8 Å². The highest BCUT2D eigenvalue weighted by molar-refractivity contribution is 8.14. The highest BCUT2D eigenvalue weighted by Gasteiger charge is 2.33. The van der Waals surface area contributed by atoms with Gasteiger partial charge in [-0.15, -0.1) is 0 Å². The van der Waals surface area contributed by atoms with Crippen molar-refractivity contribution in [1.29, 1.82) is 0 Å². The van der Waals surface area contributed by atoms with E-state index >= 15 is 0 Å². The fourth-order valence-electron chi connectivity index (χ4n) is 1.88. The molecule has 1 saturated carbocycles. The fraction of sp³-hybridized carbons (Fsp3) is 0.833. The molecule has 0 bridgehead atoms. The van der Waals surface area contributed by atoms with Gasteiger partial charge in [0.1, 0.15) is 5.60 Å². The Bertz CT molecular complexity index is 280. The summed E-state index contributed by atoms with van der Waals surface area (Å²) in [4.78, 5) is 22.7. The van der Waals surface area contributed by atoms with Gasteiger partial charge >= 0.3 is 5.97 Å². The van der Waals surface area contributed by atoms with Crippen LogP contribution in [0, 0.1) is 5.92 Å². The molecule has 0 saturated heterocycles. The lowest BCUT2D eigenvalue weighted by Gasteiger charge is -2.22. The van der Waals surface area contributed by atoms with E-state index in [1.165, 1.54) is 11.8 Å². The van der Waals surface area contributed by atoms with Crippen LogP contribution in [-0.4, -0.2) is 21.9 Å². The molecule has 0 aliphatic heterocycles. The van der Waals surface area contributed by atoms with E-state index in [1.807, 2.05) is 20.8 Å². The lowest BCUT2D eigenvalue weighted by atomic mass is 10.1. The van der Waals surface area contributed by atoms with Crippen molar-refractivity contribution in [2.75, 3.05) is 0 Å². The maximum atomic E-state index is 11.8. The van der Waals surface area contributed by atoms with Crippen LogP contribution in [0.15, 0.2) is 0 Å². The normalized spacial score (nSPS) is 25.5. The van der Waals surface area contributed by atoms with Crippen molar-refractivity contribution in [3.63, 3.8) is 0 Å². The van der Waals surface area contributed by atoms with E-state index in [-0.39, 0.29) is 17.0 Å². The highest BCUT2D eigenvalue weighted by Crippen LogP contribution is 2.35. The van der Waals surface area contributed by atoms with Gasteiger partial charge in [-0.25, -0.2) is 0 Å². The summed E-state index contributed by atoms with van der Waals surface area (Å²) in [5.41, 5.74) is -0.414. The summed E-state index contributed by atoms with van der Waals surface area (Å²) in [7, 11) is 0. The third-order valence-corrected chi connectivity index (χ3v) is 3.55. The number of hydrogen-bond donors (Lipinski definition) is 0. The van der Waals surface area contributed by atoms with Crippen LogP contribution in [0.2, 0.25) is 0 Å². The first-order valence-corrected chi connectivity index (χ1v) is 6.56. The summed E-state index contributed by atoms with van der Waals surface area (Å²) >= 11 is 1.35. The second kappa shape index (κ2) is 5.21. The van der Waals surface area contributed by atoms with Crippen molar-refractivity contribution < 1.29 is 14.3 Å².